The summed E-state index contributed by atoms with van der Waals surface area (Å²) < 4.78 is 2.21. The second-order valence-electron chi connectivity index (χ2n) is 9.87. The highest BCUT2D eigenvalue weighted by molar-refractivity contribution is 5.99. The van der Waals surface area contributed by atoms with Crippen molar-refractivity contribution in [3.05, 3.63) is 90.0 Å². The van der Waals surface area contributed by atoms with Gasteiger partial charge in [-0.1, -0.05) is 49.8 Å². The van der Waals surface area contributed by atoms with Crippen molar-refractivity contribution >= 4 is 23.0 Å². The van der Waals surface area contributed by atoms with Gasteiger partial charge in [0, 0.05) is 18.5 Å². The molecule has 0 saturated heterocycles. The minimum Gasteiger partial charge on any atom is -0.330 e. The topological polar surface area (TPSA) is 101 Å². The molecule has 0 aliphatic heterocycles. The fourth-order valence-electron chi connectivity index (χ4n) is 4.60. The lowest BCUT2D eigenvalue weighted by Gasteiger charge is -2.37. The molecule has 1 aliphatic rings. The Morgan fingerprint density at radius 1 is 1.22 bits per heavy atom. The van der Waals surface area contributed by atoms with Crippen LogP contribution in [0, 0.1) is 5.41 Å². The van der Waals surface area contributed by atoms with E-state index in [0.717, 1.165) is 24.0 Å². The van der Waals surface area contributed by atoms with Gasteiger partial charge in [0.2, 0.25) is 5.95 Å². The Labute approximate surface area is 211 Å². The van der Waals surface area contributed by atoms with Gasteiger partial charge in [-0.05, 0) is 55.7 Å². The number of nitrogens with one attached hydrogen (secondary N) is 2. The molecule has 0 radical (unpaired) electrons. The summed E-state index contributed by atoms with van der Waals surface area (Å²) >= 11 is 0. The number of rotatable bonds is 7. The first-order valence-electron chi connectivity index (χ1n) is 12.1. The van der Waals surface area contributed by atoms with Crippen molar-refractivity contribution in [3.63, 3.8) is 0 Å². The van der Waals surface area contributed by atoms with Crippen LogP contribution in [0.4, 0.5) is 5.95 Å². The van der Waals surface area contributed by atoms with Gasteiger partial charge in [0.05, 0.1) is 18.6 Å². The number of fused-ring (bicyclic) bond motifs is 1. The first-order chi connectivity index (χ1) is 17.2. The highest BCUT2D eigenvalue weighted by atomic mass is 16.1. The Bertz CT molecular complexity index is 1350. The van der Waals surface area contributed by atoms with E-state index >= 15 is 0 Å². The van der Waals surface area contributed by atoms with Crippen LogP contribution >= 0.6 is 0 Å². The highest BCUT2D eigenvalue weighted by Gasteiger charge is 2.32. The van der Waals surface area contributed by atoms with Crippen LogP contribution in [0.25, 0.3) is 11.2 Å². The number of imidazole rings is 2. The number of carbonyl (C=O) groups excluding carboxylic acids is 1. The Hall–Kier alpha value is -4.07. The second-order valence-corrected chi connectivity index (χ2v) is 9.87. The molecule has 0 saturated carbocycles. The number of aromatic amines is 1. The molecule has 3 aromatic heterocycles. The molecule has 0 spiro atoms. The maximum Gasteiger partial charge on any atom is 0.250 e. The second kappa shape index (κ2) is 10.7. The molecule has 8 heteroatoms. The van der Waals surface area contributed by atoms with Crippen molar-refractivity contribution in [2.75, 3.05) is 5.32 Å². The zero-order valence-corrected chi connectivity index (χ0v) is 21.5. The summed E-state index contributed by atoms with van der Waals surface area (Å²) in [5.41, 5.74) is 6.04. The van der Waals surface area contributed by atoms with Gasteiger partial charge in [-0.3, -0.25) is 10.1 Å². The van der Waals surface area contributed by atoms with E-state index in [0.29, 0.717) is 23.2 Å². The van der Waals surface area contributed by atoms with E-state index in [9.17, 15) is 4.79 Å². The summed E-state index contributed by atoms with van der Waals surface area (Å²) in [5, 5.41) is 2.72. The van der Waals surface area contributed by atoms with E-state index in [-0.39, 0.29) is 11.3 Å². The van der Waals surface area contributed by atoms with Gasteiger partial charge in [-0.2, -0.15) is 4.98 Å². The Morgan fingerprint density at radius 3 is 2.81 bits per heavy atom. The number of H-pyrrole nitrogens is 1. The fourth-order valence-corrected chi connectivity index (χ4v) is 4.60. The quantitative estimate of drug-likeness (QED) is 0.323. The van der Waals surface area contributed by atoms with Crippen LogP contribution in [0.1, 0.15) is 53.5 Å². The monoisotopic (exact) mass is 483 g/mol. The number of hydrogen-bond acceptors (Lipinski definition) is 5. The minimum absolute atomic E-state index is 0.132. The molecule has 8 nitrogen and oxygen atoms in total. The number of anilines is 1. The molecule has 186 valence electrons. The zero-order valence-electron chi connectivity index (χ0n) is 21.5. The summed E-state index contributed by atoms with van der Waals surface area (Å²) in [6, 6.07) is 0.357. The normalized spacial score (nSPS) is 19.1. The zero-order chi connectivity index (χ0) is 25.7. The van der Waals surface area contributed by atoms with E-state index in [2.05, 4.69) is 74.7 Å². The summed E-state index contributed by atoms with van der Waals surface area (Å²) in [6.07, 6.45) is 22.9. The van der Waals surface area contributed by atoms with Gasteiger partial charge in [-0.25, -0.2) is 15.0 Å². The number of amides is 1. The van der Waals surface area contributed by atoms with Crippen LogP contribution < -0.4 is 5.32 Å². The standard InChI is InChI=1S/C28H33N7O/c1-19(9-10-22-21(3)24(11-12-28(22,4)5)35-14-13-29-18-35)7-6-8-20(2)15-25(36)33-27-32-23-16-30-17-31-26(23)34-27/h6-10,13-18,24H,11-12H2,1-5H3,(H2,30,31,32,33,34,36)/b8-6+,10-9+,19-7+,20-15+. The van der Waals surface area contributed by atoms with Gasteiger partial charge >= 0.3 is 0 Å². The lowest BCUT2D eigenvalue weighted by molar-refractivity contribution is -0.112. The van der Waals surface area contributed by atoms with Gasteiger partial charge in [-0.15, -0.1) is 0 Å². The Balaban J connectivity index is 1.39. The largest absolute Gasteiger partial charge is 0.330 e. The van der Waals surface area contributed by atoms with E-state index in [1.165, 1.54) is 23.5 Å². The third-order valence-corrected chi connectivity index (χ3v) is 6.57. The summed E-state index contributed by atoms with van der Waals surface area (Å²) in [7, 11) is 0. The molecule has 0 bridgehead atoms. The lowest BCUT2D eigenvalue weighted by atomic mass is 9.71. The summed E-state index contributed by atoms with van der Waals surface area (Å²) in [5.74, 6) is 0.0778. The van der Waals surface area contributed by atoms with Crippen LogP contribution in [0.2, 0.25) is 0 Å². The lowest BCUT2D eigenvalue weighted by Crippen LogP contribution is -2.25. The van der Waals surface area contributed by atoms with Crippen molar-refractivity contribution in [3.8, 4) is 0 Å². The predicted octanol–water partition coefficient (Wildman–Crippen LogP) is 5.87. The fraction of sp³-hybridized carbons (Fsp3) is 0.321. The van der Waals surface area contributed by atoms with E-state index < -0.39 is 0 Å². The maximum absolute atomic E-state index is 12.3. The van der Waals surface area contributed by atoms with E-state index in [1.807, 2.05) is 43.9 Å². The smallest absolute Gasteiger partial charge is 0.250 e. The minimum atomic E-state index is -0.265. The number of allylic oxidation sites excluding steroid dienone is 9. The molecular weight excluding hydrogens is 450 g/mol. The van der Waals surface area contributed by atoms with Gasteiger partial charge < -0.3 is 9.55 Å². The van der Waals surface area contributed by atoms with E-state index in [1.54, 1.807) is 6.20 Å². The van der Waals surface area contributed by atoms with Gasteiger partial charge in [0.25, 0.3) is 5.91 Å². The van der Waals surface area contributed by atoms with E-state index in [4.69, 9.17) is 0 Å². The molecule has 0 aromatic carbocycles. The number of aromatic nitrogens is 6. The Morgan fingerprint density at radius 2 is 2.06 bits per heavy atom. The van der Waals surface area contributed by atoms with Gasteiger partial charge in [0.15, 0.2) is 5.65 Å². The van der Waals surface area contributed by atoms with Crippen molar-refractivity contribution in [2.24, 2.45) is 5.41 Å². The van der Waals surface area contributed by atoms with Crippen molar-refractivity contribution in [2.45, 2.75) is 53.5 Å². The summed E-state index contributed by atoms with van der Waals surface area (Å²) in [4.78, 5) is 31.7. The first kappa shape index (κ1) is 25.0. The number of carbonyl (C=O) groups is 1. The predicted molar refractivity (Wildman–Crippen MR) is 143 cm³/mol. The molecule has 0 fully saturated rings. The number of hydrogen-bond donors (Lipinski definition) is 2. The van der Waals surface area contributed by atoms with Gasteiger partial charge in [0.1, 0.15) is 11.8 Å². The van der Waals surface area contributed by atoms with Crippen LogP contribution in [-0.2, 0) is 4.79 Å². The molecular formula is C28H33N7O. The number of nitrogens with zero attached hydrogens (tertiary/aromatic N) is 5. The Kier molecular flexibility index (Phi) is 7.43. The molecule has 36 heavy (non-hydrogen) atoms. The molecule has 1 aliphatic carbocycles. The summed E-state index contributed by atoms with van der Waals surface area (Å²) in [6.45, 7) is 10.8. The molecule has 2 N–H and O–H groups in total. The molecule has 4 rings (SSSR count). The molecule has 1 unspecified atom stereocenters. The van der Waals surface area contributed by atoms with Crippen molar-refractivity contribution < 1.29 is 4.79 Å². The molecule has 1 atom stereocenters. The maximum atomic E-state index is 12.3. The highest BCUT2D eigenvalue weighted by Crippen LogP contribution is 2.45. The SMILES string of the molecule is CC1=C(/C=C/C(C)=C/C=C/C(C)=C/C(=O)Nc2nc3ncncc3[nH]2)C(C)(C)CCC1n1ccnc1. The van der Waals surface area contributed by atoms with Crippen LogP contribution in [-0.4, -0.2) is 35.4 Å². The molecule has 3 aromatic rings. The van der Waals surface area contributed by atoms with Crippen LogP contribution in [0.15, 0.2) is 90.0 Å². The van der Waals surface area contributed by atoms with Crippen LogP contribution in [0.3, 0.4) is 0 Å². The average molecular weight is 484 g/mol. The third kappa shape index (κ3) is 5.94. The molecule has 3 heterocycles. The first-order valence-corrected chi connectivity index (χ1v) is 12.1. The van der Waals surface area contributed by atoms with Crippen molar-refractivity contribution in [1.29, 1.82) is 0 Å². The van der Waals surface area contributed by atoms with Crippen LogP contribution in [0.5, 0.6) is 0 Å². The average Bonchev–Trinajstić information content (AvgIpc) is 3.48. The molecule has 1 amide bonds. The third-order valence-electron chi connectivity index (χ3n) is 6.57. The van der Waals surface area contributed by atoms with Crippen molar-refractivity contribution in [1.82, 2.24) is 29.5 Å².